The quantitative estimate of drug-likeness (QED) is 0.672. The third-order valence-electron chi connectivity index (χ3n) is 3.90. The molecule has 3 atom stereocenters. The maximum atomic E-state index is 11.7. The van der Waals surface area contributed by atoms with Gasteiger partial charge in [-0.15, -0.1) is 0 Å². The maximum absolute atomic E-state index is 11.7. The van der Waals surface area contributed by atoms with Crippen molar-refractivity contribution >= 4 is 5.91 Å². The van der Waals surface area contributed by atoms with Gasteiger partial charge >= 0.3 is 0 Å². The summed E-state index contributed by atoms with van der Waals surface area (Å²) in [5.74, 6) is 2.22. The lowest BCUT2D eigenvalue weighted by Crippen LogP contribution is -2.22. The fourth-order valence-electron chi connectivity index (χ4n) is 2.73. The van der Waals surface area contributed by atoms with E-state index in [1.54, 1.807) is 0 Å². The Morgan fingerprint density at radius 2 is 2.33 bits per heavy atom. The zero-order chi connectivity index (χ0) is 10.4. The molecule has 1 heterocycles. The fourth-order valence-corrected chi connectivity index (χ4v) is 2.73. The van der Waals surface area contributed by atoms with Gasteiger partial charge in [-0.1, -0.05) is 23.8 Å². The summed E-state index contributed by atoms with van der Waals surface area (Å²) < 4.78 is 0. The SMILES string of the molecule is CN1CCC(CC2=CC3CC3C=C2)C1=O. The molecule has 1 amide bonds. The molecule has 0 N–H and O–H groups in total. The molecule has 0 spiro atoms. The van der Waals surface area contributed by atoms with Gasteiger partial charge in [-0.25, -0.2) is 0 Å². The van der Waals surface area contributed by atoms with Crippen LogP contribution in [0.5, 0.6) is 0 Å². The first kappa shape index (κ1) is 9.20. The molecule has 3 rings (SSSR count). The third kappa shape index (κ3) is 1.62. The molecule has 2 fully saturated rings. The van der Waals surface area contributed by atoms with E-state index in [9.17, 15) is 4.79 Å². The zero-order valence-corrected chi connectivity index (χ0v) is 9.15. The van der Waals surface area contributed by atoms with E-state index in [2.05, 4.69) is 18.2 Å². The van der Waals surface area contributed by atoms with E-state index in [1.807, 2.05) is 11.9 Å². The van der Waals surface area contributed by atoms with Gasteiger partial charge in [-0.3, -0.25) is 4.79 Å². The second-order valence-corrected chi connectivity index (χ2v) is 5.11. The van der Waals surface area contributed by atoms with Crippen molar-refractivity contribution in [2.45, 2.75) is 19.3 Å². The second-order valence-electron chi connectivity index (χ2n) is 5.11. The molecule has 0 aromatic heterocycles. The Morgan fingerprint density at radius 3 is 3.00 bits per heavy atom. The van der Waals surface area contributed by atoms with Crippen molar-refractivity contribution < 1.29 is 4.79 Å². The average Bonchev–Trinajstić information content (AvgIpc) is 2.94. The van der Waals surface area contributed by atoms with Crippen molar-refractivity contribution in [3.8, 4) is 0 Å². The molecule has 3 aliphatic rings. The van der Waals surface area contributed by atoms with Crippen molar-refractivity contribution in [3.63, 3.8) is 0 Å². The minimum Gasteiger partial charge on any atom is -0.345 e. The third-order valence-corrected chi connectivity index (χ3v) is 3.90. The van der Waals surface area contributed by atoms with Gasteiger partial charge < -0.3 is 4.90 Å². The van der Waals surface area contributed by atoms with Gasteiger partial charge in [0.25, 0.3) is 0 Å². The van der Waals surface area contributed by atoms with Crippen LogP contribution in [-0.2, 0) is 4.79 Å². The largest absolute Gasteiger partial charge is 0.345 e. The van der Waals surface area contributed by atoms with E-state index in [4.69, 9.17) is 0 Å². The minimum absolute atomic E-state index is 0.251. The Labute approximate surface area is 90.6 Å². The molecule has 0 aromatic rings. The molecule has 3 unspecified atom stereocenters. The van der Waals surface area contributed by atoms with Crippen LogP contribution in [0.3, 0.4) is 0 Å². The highest BCUT2D eigenvalue weighted by atomic mass is 16.2. The Kier molecular flexibility index (Phi) is 1.98. The first-order valence-corrected chi connectivity index (χ1v) is 5.88. The van der Waals surface area contributed by atoms with E-state index in [-0.39, 0.29) is 5.92 Å². The number of rotatable bonds is 2. The summed E-state index contributed by atoms with van der Waals surface area (Å²) in [6.45, 7) is 0.937. The molecule has 1 aliphatic heterocycles. The Bertz CT molecular complexity index is 356. The summed E-state index contributed by atoms with van der Waals surface area (Å²) in [4.78, 5) is 13.6. The smallest absolute Gasteiger partial charge is 0.225 e. The first-order chi connectivity index (χ1) is 7.24. The molecule has 0 aromatic carbocycles. The number of carbonyl (C=O) groups is 1. The summed E-state index contributed by atoms with van der Waals surface area (Å²) >= 11 is 0. The van der Waals surface area contributed by atoms with E-state index < -0.39 is 0 Å². The fraction of sp³-hybridized carbons (Fsp3) is 0.615. The molecule has 1 saturated carbocycles. The van der Waals surface area contributed by atoms with Crippen LogP contribution in [0, 0.1) is 17.8 Å². The highest BCUT2D eigenvalue weighted by Gasteiger charge is 2.36. The standard InChI is InChI=1S/C13H17NO/c1-14-5-4-11(13(14)15)6-9-2-3-10-8-12(10)7-9/h2-3,7,10-12H,4-6,8H2,1H3. The van der Waals surface area contributed by atoms with Crippen LogP contribution in [0.2, 0.25) is 0 Å². The molecule has 0 radical (unpaired) electrons. The molecule has 0 bridgehead atoms. The number of hydrogen-bond donors (Lipinski definition) is 0. The lowest BCUT2D eigenvalue weighted by Gasteiger charge is -2.12. The predicted octanol–water partition coefficient (Wildman–Crippen LogP) is 1.99. The minimum atomic E-state index is 0.251. The van der Waals surface area contributed by atoms with Crippen LogP contribution in [0.4, 0.5) is 0 Å². The number of allylic oxidation sites excluding steroid dienone is 4. The van der Waals surface area contributed by atoms with Gasteiger partial charge in [-0.2, -0.15) is 0 Å². The molecule has 2 aliphatic carbocycles. The number of carbonyl (C=O) groups excluding carboxylic acids is 1. The van der Waals surface area contributed by atoms with E-state index >= 15 is 0 Å². The summed E-state index contributed by atoms with van der Waals surface area (Å²) in [5.41, 5.74) is 1.39. The van der Waals surface area contributed by atoms with E-state index in [0.29, 0.717) is 5.91 Å². The average molecular weight is 203 g/mol. The monoisotopic (exact) mass is 203 g/mol. The van der Waals surface area contributed by atoms with Crippen LogP contribution in [0.1, 0.15) is 19.3 Å². The summed E-state index contributed by atoms with van der Waals surface area (Å²) in [6, 6.07) is 0. The number of fused-ring (bicyclic) bond motifs is 1. The predicted molar refractivity (Wildman–Crippen MR) is 59.2 cm³/mol. The number of likely N-dealkylation sites (tertiary alicyclic amines) is 1. The topological polar surface area (TPSA) is 20.3 Å². The van der Waals surface area contributed by atoms with Crippen LogP contribution >= 0.6 is 0 Å². The van der Waals surface area contributed by atoms with Gasteiger partial charge in [0.2, 0.25) is 5.91 Å². The summed E-state index contributed by atoms with van der Waals surface area (Å²) in [6.07, 6.45) is 10.3. The molecule has 1 saturated heterocycles. The summed E-state index contributed by atoms with van der Waals surface area (Å²) in [5, 5.41) is 0. The Hall–Kier alpha value is -1.05. The van der Waals surface area contributed by atoms with Gasteiger partial charge in [0, 0.05) is 19.5 Å². The number of hydrogen-bond acceptors (Lipinski definition) is 1. The normalized spacial score (nSPS) is 37.9. The van der Waals surface area contributed by atoms with Crippen molar-refractivity contribution in [2.75, 3.05) is 13.6 Å². The van der Waals surface area contributed by atoms with Crippen LogP contribution in [0.25, 0.3) is 0 Å². The molecular weight excluding hydrogens is 186 g/mol. The molecule has 80 valence electrons. The Morgan fingerprint density at radius 1 is 1.47 bits per heavy atom. The van der Waals surface area contributed by atoms with Gasteiger partial charge in [0.05, 0.1) is 0 Å². The Balaban J connectivity index is 1.66. The van der Waals surface area contributed by atoms with E-state index in [1.165, 1.54) is 12.0 Å². The van der Waals surface area contributed by atoms with Crippen molar-refractivity contribution in [2.24, 2.45) is 17.8 Å². The van der Waals surface area contributed by atoms with Gasteiger partial charge in [0.1, 0.15) is 0 Å². The molecule has 15 heavy (non-hydrogen) atoms. The lowest BCUT2D eigenvalue weighted by atomic mass is 9.94. The van der Waals surface area contributed by atoms with Gasteiger partial charge in [0.15, 0.2) is 0 Å². The molecule has 2 heteroatoms. The first-order valence-electron chi connectivity index (χ1n) is 5.88. The number of nitrogens with zero attached hydrogens (tertiary/aromatic N) is 1. The molecular formula is C13H17NO. The molecule has 2 nitrogen and oxygen atoms in total. The lowest BCUT2D eigenvalue weighted by molar-refractivity contribution is -0.129. The van der Waals surface area contributed by atoms with E-state index in [0.717, 1.165) is 31.2 Å². The zero-order valence-electron chi connectivity index (χ0n) is 9.15. The van der Waals surface area contributed by atoms with Crippen molar-refractivity contribution in [1.82, 2.24) is 4.90 Å². The highest BCUT2D eigenvalue weighted by molar-refractivity contribution is 5.80. The maximum Gasteiger partial charge on any atom is 0.225 e. The highest BCUT2D eigenvalue weighted by Crippen LogP contribution is 2.45. The van der Waals surface area contributed by atoms with Crippen molar-refractivity contribution in [3.05, 3.63) is 23.8 Å². The number of amides is 1. The second kappa shape index (κ2) is 3.22. The summed E-state index contributed by atoms with van der Waals surface area (Å²) in [7, 11) is 1.91. The van der Waals surface area contributed by atoms with Crippen LogP contribution < -0.4 is 0 Å². The van der Waals surface area contributed by atoms with Gasteiger partial charge in [-0.05, 0) is 31.1 Å². The van der Waals surface area contributed by atoms with Crippen molar-refractivity contribution in [1.29, 1.82) is 0 Å². The van der Waals surface area contributed by atoms with Crippen LogP contribution in [-0.4, -0.2) is 24.4 Å². The van der Waals surface area contributed by atoms with Crippen LogP contribution in [0.15, 0.2) is 23.8 Å².